The molecule has 1 aliphatic heterocycles. The molecule has 8 heteroatoms. The van der Waals surface area contributed by atoms with Crippen LogP contribution in [0.2, 0.25) is 0 Å². The summed E-state index contributed by atoms with van der Waals surface area (Å²) in [6.07, 6.45) is 2.10. The molecule has 0 saturated carbocycles. The van der Waals surface area contributed by atoms with Crippen molar-refractivity contribution in [3.8, 4) is 0 Å². The number of hydrogen-bond donors (Lipinski definition) is 0. The second-order valence-electron chi connectivity index (χ2n) is 7.86. The predicted molar refractivity (Wildman–Crippen MR) is 119 cm³/mol. The minimum Gasteiger partial charge on any atom is -0.371 e. The van der Waals surface area contributed by atoms with Gasteiger partial charge in [0, 0.05) is 32.3 Å². The van der Waals surface area contributed by atoms with Crippen LogP contribution < -0.4 is 4.90 Å². The summed E-state index contributed by atoms with van der Waals surface area (Å²) >= 11 is 1.56. The standard InChI is InChI=1S/C22H24N4O3S/c1-15-9-11-25(12-10-15)19-8-7-16(26(28)29)13-17(19)22(27)24(2)14-21-23-18-5-3-4-6-20(18)30-21/h3-8,13,15H,9-12,14H2,1-2H3. The van der Waals surface area contributed by atoms with Crippen LogP contribution in [0.1, 0.15) is 35.1 Å². The Morgan fingerprint density at radius 2 is 2.00 bits per heavy atom. The molecule has 1 aliphatic rings. The highest BCUT2D eigenvalue weighted by molar-refractivity contribution is 7.18. The lowest BCUT2D eigenvalue weighted by atomic mass is 9.97. The van der Waals surface area contributed by atoms with Gasteiger partial charge in [-0.15, -0.1) is 11.3 Å². The number of anilines is 1. The van der Waals surface area contributed by atoms with Crippen LogP contribution in [-0.4, -0.2) is 40.9 Å². The van der Waals surface area contributed by atoms with E-state index in [4.69, 9.17) is 0 Å². The summed E-state index contributed by atoms with van der Waals surface area (Å²) in [6.45, 7) is 4.28. The maximum atomic E-state index is 13.3. The minimum absolute atomic E-state index is 0.0686. The van der Waals surface area contributed by atoms with E-state index in [1.807, 2.05) is 24.3 Å². The van der Waals surface area contributed by atoms with Crippen molar-refractivity contribution in [3.05, 3.63) is 63.1 Å². The first-order chi connectivity index (χ1) is 14.4. The number of rotatable bonds is 5. The lowest BCUT2D eigenvalue weighted by Crippen LogP contribution is -2.35. The van der Waals surface area contributed by atoms with Gasteiger partial charge in [0.2, 0.25) is 0 Å². The van der Waals surface area contributed by atoms with Crippen molar-refractivity contribution < 1.29 is 9.72 Å². The first-order valence-electron chi connectivity index (χ1n) is 10.1. The molecule has 2 heterocycles. The fourth-order valence-corrected chi connectivity index (χ4v) is 4.82. The molecule has 0 radical (unpaired) electrons. The third kappa shape index (κ3) is 4.14. The van der Waals surface area contributed by atoms with E-state index in [1.54, 1.807) is 29.4 Å². The van der Waals surface area contributed by atoms with Crippen molar-refractivity contribution in [2.24, 2.45) is 5.92 Å². The van der Waals surface area contributed by atoms with Crippen LogP contribution in [0.4, 0.5) is 11.4 Å². The van der Waals surface area contributed by atoms with Crippen LogP contribution in [-0.2, 0) is 6.54 Å². The van der Waals surface area contributed by atoms with Crippen molar-refractivity contribution in [3.63, 3.8) is 0 Å². The number of carbonyl (C=O) groups is 1. The van der Waals surface area contributed by atoms with Gasteiger partial charge in [0.25, 0.3) is 11.6 Å². The molecule has 0 spiro atoms. The van der Waals surface area contributed by atoms with E-state index in [9.17, 15) is 14.9 Å². The number of hydrogen-bond acceptors (Lipinski definition) is 6. The molecule has 0 aliphatic carbocycles. The Morgan fingerprint density at radius 1 is 1.27 bits per heavy atom. The van der Waals surface area contributed by atoms with E-state index >= 15 is 0 Å². The Labute approximate surface area is 179 Å². The number of aromatic nitrogens is 1. The maximum Gasteiger partial charge on any atom is 0.270 e. The van der Waals surface area contributed by atoms with Crippen molar-refractivity contribution in [2.45, 2.75) is 26.3 Å². The molecule has 1 aromatic heterocycles. The summed E-state index contributed by atoms with van der Waals surface area (Å²) in [4.78, 5) is 32.6. The number of piperidine rings is 1. The second-order valence-corrected chi connectivity index (χ2v) is 8.98. The Balaban J connectivity index is 1.61. The lowest BCUT2D eigenvalue weighted by Gasteiger charge is -2.33. The lowest BCUT2D eigenvalue weighted by molar-refractivity contribution is -0.384. The van der Waals surface area contributed by atoms with E-state index in [0.717, 1.165) is 46.8 Å². The van der Waals surface area contributed by atoms with E-state index < -0.39 is 4.92 Å². The number of nitro groups is 1. The Kier molecular flexibility index (Phi) is 5.67. The third-order valence-electron chi connectivity index (χ3n) is 5.60. The van der Waals surface area contributed by atoms with Gasteiger partial charge < -0.3 is 9.80 Å². The molecule has 0 N–H and O–H groups in total. The Hall–Kier alpha value is -3.00. The highest BCUT2D eigenvalue weighted by atomic mass is 32.1. The van der Waals surface area contributed by atoms with Crippen LogP contribution in [0.15, 0.2) is 42.5 Å². The summed E-state index contributed by atoms with van der Waals surface area (Å²) in [6, 6.07) is 12.5. The highest BCUT2D eigenvalue weighted by Crippen LogP contribution is 2.31. The third-order valence-corrected chi connectivity index (χ3v) is 6.62. The van der Waals surface area contributed by atoms with Gasteiger partial charge in [0.1, 0.15) is 5.01 Å². The van der Waals surface area contributed by atoms with Gasteiger partial charge in [-0.3, -0.25) is 14.9 Å². The number of non-ortho nitro benzene ring substituents is 1. The molecule has 0 unspecified atom stereocenters. The number of nitro benzene ring substituents is 1. The fraction of sp³-hybridized carbons (Fsp3) is 0.364. The average Bonchev–Trinajstić information content (AvgIpc) is 3.15. The van der Waals surface area contributed by atoms with E-state index in [-0.39, 0.29) is 11.6 Å². The number of fused-ring (bicyclic) bond motifs is 1. The quantitative estimate of drug-likeness (QED) is 0.438. The molecule has 4 rings (SSSR count). The molecule has 1 fully saturated rings. The molecule has 0 bridgehead atoms. The number of nitrogens with zero attached hydrogens (tertiary/aromatic N) is 4. The Morgan fingerprint density at radius 3 is 2.70 bits per heavy atom. The van der Waals surface area contributed by atoms with Gasteiger partial charge in [-0.2, -0.15) is 0 Å². The first kappa shape index (κ1) is 20.3. The van der Waals surface area contributed by atoms with E-state index in [2.05, 4.69) is 16.8 Å². The van der Waals surface area contributed by atoms with Crippen molar-refractivity contribution in [1.29, 1.82) is 0 Å². The summed E-state index contributed by atoms with van der Waals surface area (Å²) in [5.41, 5.74) is 1.99. The zero-order chi connectivity index (χ0) is 21.3. The SMILES string of the molecule is CC1CCN(c2ccc([N+](=O)[O-])cc2C(=O)N(C)Cc2nc3ccccc3s2)CC1. The van der Waals surface area contributed by atoms with Gasteiger partial charge >= 0.3 is 0 Å². The van der Waals surface area contributed by atoms with Crippen LogP contribution in [0, 0.1) is 16.0 Å². The monoisotopic (exact) mass is 424 g/mol. The van der Waals surface area contributed by atoms with Crippen LogP contribution in [0.5, 0.6) is 0 Å². The van der Waals surface area contributed by atoms with Gasteiger partial charge in [0.05, 0.1) is 32.9 Å². The number of benzene rings is 2. The zero-order valence-electron chi connectivity index (χ0n) is 17.1. The topological polar surface area (TPSA) is 79.6 Å². The maximum absolute atomic E-state index is 13.3. The van der Waals surface area contributed by atoms with Crippen molar-refractivity contribution >= 4 is 38.8 Å². The summed E-state index contributed by atoms with van der Waals surface area (Å²) in [7, 11) is 1.72. The van der Waals surface area contributed by atoms with Gasteiger partial charge in [-0.05, 0) is 37.0 Å². The summed E-state index contributed by atoms with van der Waals surface area (Å²) in [5.74, 6) is 0.423. The number of thiazole rings is 1. The number of para-hydroxylation sites is 1. The predicted octanol–water partition coefficient (Wildman–Crippen LogP) is 4.71. The molecule has 1 saturated heterocycles. The van der Waals surface area contributed by atoms with Gasteiger partial charge in [-0.25, -0.2) is 4.98 Å². The molecule has 156 valence electrons. The van der Waals surface area contributed by atoms with Crippen LogP contribution in [0.25, 0.3) is 10.2 Å². The molecular weight excluding hydrogens is 400 g/mol. The smallest absolute Gasteiger partial charge is 0.270 e. The van der Waals surface area contributed by atoms with E-state index in [1.165, 1.54) is 12.1 Å². The van der Waals surface area contributed by atoms with Gasteiger partial charge in [-0.1, -0.05) is 19.1 Å². The molecule has 1 amide bonds. The molecule has 3 aromatic rings. The van der Waals surface area contributed by atoms with Gasteiger partial charge in [0.15, 0.2) is 0 Å². The van der Waals surface area contributed by atoms with Crippen molar-refractivity contribution in [1.82, 2.24) is 9.88 Å². The number of amides is 1. The second kappa shape index (κ2) is 8.39. The molecular formula is C22H24N4O3S. The molecule has 30 heavy (non-hydrogen) atoms. The van der Waals surface area contributed by atoms with Crippen LogP contribution >= 0.6 is 11.3 Å². The minimum atomic E-state index is -0.452. The Bertz CT molecular complexity index is 1060. The summed E-state index contributed by atoms with van der Waals surface area (Å²) < 4.78 is 1.08. The normalized spacial score (nSPS) is 14.8. The highest BCUT2D eigenvalue weighted by Gasteiger charge is 2.25. The van der Waals surface area contributed by atoms with E-state index in [0.29, 0.717) is 18.0 Å². The summed E-state index contributed by atoms with van der Waals surface area (Å²) in [5, 5.41) is 12.2. The van der Waals surface area contributed by atoms with Crippen LogP contribution in [0.3, 0.4) is 0 Å². The molecule has 0 atom stereocenters. The molecule has 7 nitrogen and oxygen atoms in total. The van der Waals surface area contributed by atoms with Crippen molar-refractivity contribution in [2.75, 3.05) is 25.0 Å². The first-order valence-corrected chi connectivity index (χ1v) is 10.9. The number of carbonyl (C=O) groups excluding carboxylic acids is 1. The largest absolute Gasteiger partial charge is 0.371 e. The molecule has 2 aromatic carbocycles. The average molecular weight is 425 g/mol. The fourth-order valence-electron chi connectivity index (χ4n) is 3.80. The zero-order valence-corrected chi connectivity index (χ0v) is 17.9.